The predicted octanol–water partition coefficient (Wildman–Crippen LogP) is 5.08. The topological polar surface area (TPSA) is 26.3 Å². The van der Waals surface area contributed by atoms with E-state index in [1.54, 1.807) is 0 Å². The van der Waals surface area contributed by atoms with Crippen molar-refractivity contribution in [3.05, 3.63) is 29.8 Å². The molecule has 2 nitrogen and oxygen atoms in total. The first-order chi connectivity index (χ1) is 9.40. The van der Waals surface area contributed by atoms with Crippen molar-refractivity contribution in [1.82, 2.24) is 0 Å². The van der Waals surface area contributed by atoms with Gasteiger partial charge in [-0.15, -0.1) is 0 Å². The summed E-state index contributed by atoms with van der Waals surface area (Å²) in [6, 6.07) is 7.97. The molecule has 1 atom stereocenters. The summed E-state index contributed by atoms with van der Waals surface area (Å²) in [6.45, 7) is 8.69. The number of benzene rings is 1. The fourth-order valence-corrected chi connectivity index (χ4v) is 2.11. The van der Waals surface area contributed by atoms with Crippen LogP contribution in [0.3, 0.4) is 0 Å². The molecule has 0 heterocycles. The van der Waals surface area contributed by atoms with Gasteiger partial charge < -0.3 is 4.74 Å². The molecule has 112 valence electrons. The molecular formula is C17H25ClO2. The number of hydrogen-bond donors (Lipinski definition) is 0. The largest absolute Gasteiger partial charge is 0.481 e. The molecule has 1 aromatic rings. The molecule has 0 saturated carbocycles. The lowest BCUT2D eigenvalue weighted by Crippen LogP contribution is -2.23. The Morgan fingerprint density at radius 3 is 2.30 bits per heavy atom. The van der Waals surface area contributed by atoms with E-state index in [1.165, 1.54) is 5.56 Å². The molecule has 1 rings (SSSR count). The second kappa shape index (κ2) is 7.68. The van der Waals surface area contributed by atoms with Gasteiger partial charge in [0.05, 0.1) is 0 Å². The van der Waals surface area contributed by atoms with Gasteiger partial charge in [0, 0.05) is 0 Å². The lowest BCUT2D eigenvalue weighted by atomic mass is 9.82. The SMILES string of the molecule is CCCCC(Oc1ccc(C(C)(C)CC)cc1)C(=O)Cl. The summed E-state index contributed by atoms with van der Waals surface area (Å²) in [5, 5.41) is -0.420. The van der Waals surface area contributed by atoms with Crippen LogP contribution in [-0.2, 0) is 10.2 Å². The monoisotopic (exact) mass is 296 g/mol. The Balaban J connectivity index is 2.75. The van der Waals surface area contributed by atoms with Crippen LogP contribution in [0, 0.1) is 0 Å². The molecule has 0 aliphatic heterocycles. The zero-order chi connectivity index (χ0) is 15.2. The van der Waals surface area contributed by atoms with Crippen LogP contribution in [0.1, 0.15) is 58.9 Å². The quantitative estimate of drug-likeness (QED) is 0.626. The highest BCUT2D eigenvalue weighted by Gasteiger charge is 2.20. The highest BCUT2D eigenvalue weighted by atomic mass is 35.5. The van der Waals surface area contributed by atoms with Crippen molar-refractivity contribution in [3.8, 4) is 5.75 Å². The van der Waals surface area contributed by atoms with E-state index in [9.17, 15) is 4.79 Å². The van der Waals surface area contributed by atoms with Crippen LogP contribution in [0.2, 0.25) is 0 Å². The van der Waals surface area contributed by atoms with Crippen LogP contribution in [0.4, 0.5) is 0 Å². The van der Waals surface area contributed by atoms with Crippen molar-refractivity contribution in [2.24, 2.45) is 0 Å². The van der Waals surface area contributed by atoms with E-state index in [1.807, 2.05) is 12.1 Å². The zero-order valence-corrected chi connectivity index (χ0v) is 13.7. The van der Waals surface area contributed by atoms with Crippen LogP contribution >= 0.6 is 11.6 Å². The maximum Gasteiger partial charge on any atom is 0.262 e. The lowest BCUT2D eigenvalue weighted by molar-refractivity contribution is -0.118. The van der Waals surface area contributed by atoms with Crippen LogP contribution < -0.4 is 4.74 Å². The van der Waals surface area contributed by atoms with E-state index in [-0.39, 0.29) is 5.41 Å². The second-order valence-electron chi connectivity index (χ2n) is 5.81. The van der Waals surface area contributed by atoms with Crippen LogP contribution in [0.15, 0.2) is 24.3 Å². The average Bonchev–Trinajstić information content (AvgIpc) is 2.43. The predicted molar refractivity (Wildman–Crippen MR) is 84.6 cm³/mol. The molecule has 0 spiro atoms. The van der Waals surface area contributed by atoms with Gasteiger partial charge in [0.1, 0.15) is 5.75 Å². The van der Waals surface area contributed by atoms with Gasteiger partial charge >= 0.3 is 0 Å². The summed E-state index contributed by atoms with van der Waals surface area (Å²) in [5.74, 6) is 0.704. The summed E-state index contributed by atoms with van der Waals surface area (Å²) >= 11 is 5.59. The first-order valence-electron chi connectivity index (χ1n) is 7.37. The molecule has 0 aliphatic rings. The Morgan fingerprint density at radius 1 is 1.25 bits per heavy atom. The third-order valence-electron chi connectivity index (χ3n) is 3.87. The second-order valence-corrected chi connectivity index (χ2v) is 6.19. The highest BCUT2D eigenvalue weighted by molar-refractivity contribution is 6.64. The Kier molecular flexibility index (Phi) is 6.54. The van der Waals surface area contributed by atoms with E-state index in [4.69, 9.17) is 16.3 Å². The summed E-state index contributed by atoms with van der Waals surface area (Å²) in [6.07, 6.45) is 3.16. The average molecular weight is 297 g/mol. The Hall–Kier alpha value is -1.02. The summed E-state index contributed by atoms with van der Waals surface area (Å²) in [7, 11) is 0. The van der Waals surface area contributed by atoms with Crippen molar-refractivity contribution >= 4 is 16.8 Å². The van der Waals surface area contributed by atoms with Gasteiger partial charge in [-0.1, -0.05) is 46.2 Å². The van der Waals surface area contributed by atoms with E-state index >= 15 is 0 Å². The van der Waals surface area contributed by atoms with Gasteiger partial charge in [0.25, 0.3) is 5.24 Å². The van der Waals surface area contributed by atoms with Gasteiger partial charge in [-0.25, -0.2) is 0 Å². The number of hydrogen-bond acceptors (Lipinski definition) is 2. The van der Waals surface area contributed by atoms with Crippen molar-refractivity contribution in [2.45, 2.75) is 64.9 Å². The van der Waals surface area contributed by atoms with E-state index in [2.05, 4.69) is 39.8 Å². The van der Waals surface area contributed by atoms with Crippen LogP contribution in [0.25, 0.3) is 0 Å². The number of carbonyl (C=O) groups is 1. The Bertz CT molecular complexity index is 423. The molecule has 0 aromatic heterocycles. The first-order valence-corrected chi connectivity index (χ1v) is 7.75. The van der Waals surface area contributed by atoms with Crippen molar-refractivity contribution < 1.29 is 9.53 Å². The van der Waals surface area contributed by atoms with Crippen molar-refractivity contribution in [3.63, 3.8) is 0 Å². The smallest absolute Gasteiger partial charge is 0.262 e. The highest BCUT2D eigenvalue weighted by Crippen LogP contribution is 2.28. The van der Waals surface area contributed by atoms with Crippen molar-refractivity contribution in [2.75, 3.05) is 0 Å². The molecule has 3 heteroatoms. The molecule has 1 unspecified atom stereocenters. The summed E-state index contributed by atoms with van der Waals surface area (Å²) in [5.41, 5.74) is 1.43. The molecule has 0 amide bonds. The summed E-state index contributed by atoms with van der Waals surface area (Å²) in [4.78, 5) is 11.4. The number of rotatable bonds is 8. The third-order valence-corrected chi connectivity index (χ3v) is 4.11. The third kappa shape index (κ3) is 4.82. The molecule has 0 N–H and O–H groups in total. The molecule has 20 heavy (non-hydrogen) atoms. The van der Waals surface area contributed by atoms with E-state index in [0.29, 0.717) is 12.2 Å². The first kappa shape index (κ1) is 17.0. The fraction of sp³-hybridized carbons (Fsp3) is 0.588. The minimum absolute atomic E-state index is 0.155. The van der Waals surface area contributed by atoms with Gasteiger partial charge in [-0.3, -0.25) is 4.79 Å². The maximum absolute atomic E-state index is 11.4. The van der Waals surface area contributed by atoms with E-state index < -0.39 is 11.3 Å². The molecule has 0 bridgehead atoms. The van der Waals surface area contributed by atoms with Gasteiger partial charge in [0.2, 0.25) is 0 Å². The Labute approximate surface area is 127 Å². The summed E-state index contributed by atoms with van der Waals surface area (Å²) < 4.78 is 5.70. The lowest BCUT2D eigenvalue weighted by Gasteiger charge is -2.23. The molecule has 0 radical (unpaired) electrons. The van der Waals surface area contributed by atoms with Gasteiger partial charge in [-0.2, -0.15) is 0 Å². The molecule has 0 fully saturated rings. The minimum atomic E-state index is -0.540. The van der Waals surface area contributed by atoms with E-state index in [0.717, 1.165) is 19.3 Å². The Morgan fingerprint density at radius 2 is 1.85 bits per heavy atom. The zero-order valence-electron chi connectivity index (χ0n) is 12.9. The van der Waals surface area contributed by atoms with Gasteiger partial charge in [0.15, 0.2) is 6.10 Å². The standard InChI is InChI=1S/C17H25ClO2/c1-5-7-8-15(16(18)19)20-14-11-9-13(10-12-14)17(3,4)6-2/h9-12,15H,5-8H2,1-4H3. The van der Waals surface area contributed by atoms with Crippen LogP contribution in [0.5, 0.6) is 5.75 Å². The van der Waals surface area contributed by atoms with Gasteiger partial charge in [-0.05, 0) is 54.0 Å². The van der Waals surface area contributed by atoms with Crippen LogP contribution in [-0.4, -0.2) is 11.3 Å². The maximum atomic E-state index is 11.4. The normalized spacial score (nSPS) is 13.1. The molecule has 0 aliphatic carbocycles. The number of halogens is 1. The number of ether oxygens (including phenoxy) is 1. The fourth-order valence-electron chi connectivity index (χ4n) is 1.96. The minimum Gasteiger partial charge on any atom is -0.481 e. The molecule has 1 aromatic carbocycles. The molecular weight excluding hydrogens is 272 g/mol. The number of unbranched alkanes of at least 4 members (excludes halogenated alkanes) is 1. The number of carbonyl (C=O) groups excluding carboxylic acids is 1. The van der Waals surface area contributed by atoms with Crippen molar-refractivity contribution in [1.29, 1.82) is 0 Å². The molecule has 0 saturated heterocycles.